The van der Waals surface area contributed by atoms with Crippen molar-refractivity contribution >= 4 is 5.91 Å². The van der Waals surface area contributed by atoms with E-state index in [2.05, 4.69) is 10.1 Å². The van der Waals surface area contributed by atoms with Gasteiger partial charge in [0.2, 0.25) is 11.8 Å². The normalized spacial score (nSPS) is 17.5. The number of benzene rings is 1. The summed E-state index contributed by atoms with van der Waals surface area (Å²) in [5, 5.41) is 3.78. The Bertz CT molecular complexity index is 716. The van der Waals surface area contributed by atoms with Gasteiger partial charge >= 0.3 is 0 Å². The zero-order valence-electron chi connectivity index (χ0n) is 13.1. The highest BCUT2D eigenvalue weighted by Crippen LogP contribution is 2.27. The molecule has 1 aromatic heterocycles. The molecule has 2 heterocycles. The Hall–Kier alpha value is -2.44. The first kappa shape index (κ1) is 15.5. The number of aryl methyl sites for hydroxylation is 1. The second-order valence-corrected chi connectivity index (χ2v) is 5.64. The Labute approximate surface area is 133 Å². The molecule has 1 aliphatic heterocycles. The van der Waals surface area contributed by atoms with E-state index in [1.165, 1.54) is 25.3 Å². The Kier molecular flexibility index (Phi) is 4.27. The highest BCUT2D eigenvalue weighted by Gasteiger charge is 2.31. The molecular weight excluding hydrogens is 301 g/mol. The van der Waals surface area contributed by atoms with Crippen LogP contribution >= 0.6 is 0 Å². The number of amides is 1. The van der Waals surface area contributed by atoms with Gasteiger partial charge in [0.1, 0.15) is 11.6 Å². The van der Waals surface area contributed by atoms with Gasteiger partial charge in [-0.15, -0.1) is 0 Å². The molecule has 0 spiro atoms. The maximum absolute atomic E-state index is 13.4. The molecule has 0 radical (unpaired) electrons. The molecule has 23 heavy (non-hydrogen) atoms. The van der Waals surface area contributed by atoms with E-state index in [0.717, 1.165) is 6.42 Å². The number of carbonyl (C=O) groups is 1. The lowest BCUT2D eigenvalue weighted by Gasteiger charge is -2.17. The van der Waals surface area contributed by atoms with E-state index in [1.54, 1.807) is 11.8 Å². The number of carbonyl (C=O) groups excluding carboxylic acids is 1. The molecule has 1 saturated heterocycles. The molecule has 1 fully saturated rings. The van der Waals surface area contributed by atoms with E-state index in [1.807, 2.05) is 0 Å². The molecule has 1 atom stereocenters. The summed E-state index contributed by atoms with van der Waals surface area (Å²) in [5.74, 6) is 1.30. The quantitative estimate of drug-likeness (QED) is 0.863. The molecule has 0 unspecified atom stereocenters. The van der Waals surface area contributed by atoms with Crippen LogP contribution in [-0.4, -0.2) is 41.1 Å². The van der Waals surface area contributed by atoms with Crippen molar-refractivity contribution in [2.24, 2.45) is 0 Å². The van der Waals surface area contributed by atoms with E-state index in [0.29, 0.717) is 36.1 Å². The van der Waals surface area contributed by atoms with Crippen LogP contribution in [0.5, 0.6) is 5.75 Å². The van der Waals surface area contributed by atoms with Crippen LogP contribution in [0.2, 0.25) is 0 Å². The summed E-state index contributed by atoms with van der Waals surface area (Å²) in [7, 11) is 1.50. The summed E-state index contributed by atoms with van der Waals surface area (Å²) >= 11 is 0. The smallest absolute Gasteiger partial charge is 0.231 e. The number of likely N-dealkylation sites (tertiary alicyclic amines) is 1. The highest BCUT2D eigenvalue weighted by atomic mass is 19.1. The van der Waals surface area contributed by atoms with Gasteiger partial charge in [0.05, 0.1) is 19.4 Å². The third kappa shape index (κ3) is 3.33. The lowest BCUT2D eigenvalue weighted by atomic mass is 10.1. The highest BCUT2D eigenvalue weighted by molar-refractivity contribution is 5.79. The fourth-order valence-electron chi connectivity index (χ4n) is 2.83. The predicted molar refractivity (Wildman–Crippen MR) is 79.6 cm³/mol. The second kappa shape index (κ2) is 6.36. The van der Waals surface area contributed by atoms with Crippen LogP contribution in [0.3, 0.4) is 0 Å². The van der Waals surface area contributed by atoms with Crippen molar-refractivity contribution in [2.75, 3.05) is 20.2 Å². The zero-order chi connectivity index (χ0) is 16.4. The summed E-state index contributed by atoms with van der Waals surface area (Å²) < 4.78 is 23.8. The lowest BCUT2D eigenvalue weighted by Crippen LogP contribution is -2.30. The Morgan fingerprint density at radius 1 is 1.52 bits per heavy atom. The van der Waals surface area contributed by atoms with Crippen molar-refractivity contribution in [3.05, 3.63) is 41.3 Å². The minimum Gasteiger partial charge on any atom is -0.496 e. The molecule has 0 bridgehead atoms. The van der Waals surface area contributed by atoms with Gasteiger partial charge in [-0.1, -0.05) is 5.16 Å². The minimum absolute atomic E-state index is 0.0624. The molecule has 7 heteroatoms. The molecule has 0 saturated carbocycles. The van der Waals surface area contributed by atoms with Crippen LogP contribution < -0.4 is 4.74 Å². The largest absolute Gasteiger partial charge is 0.496 e. The van der Waals surface area contributed by atoms with E-state index in [9.17, 15) is 9.18 Å². The standard InChI is InChI=1S/C16H18FN3O3/c1-10-18-16(23-19-10)11-5-6-20(9-11)15(21)8-12-7-13(17)3-4-14(12)22-2/h3-4,7,11H,5-6,8-9H2,1-2H3/t11-/m0/s1. The lowest BCUT2D eigenvalue weighted by molar-refractivity contribution is -0.129. The number of aromatic nitrogens is 2. The number of hydrogen-bond donors (Lipinski definition) is 0. The van der Waals surface area contributed by atoms with E-state index in [-0.39, 0.29) is 24.1 Å². The molecular formula is C16H18FN3O3. The molecule has 122 valence electrons. The molecule has 1 amide bonds. The van der Waals surface area contributed by atoms with Crippen molar-refractivity contribution in [1.82, 2.24) is 15.0 Å². The monoisotopic (exact) mass is 319 g/mol. The van der Waals surface area contributed by atoms with Crippen LogP contribution in [0.15, 0.2) is 22.7 Å². The van der Waals surface area contributed by atoms with Gasteiger partial charge in [-0.05, 0) is 31.5 Å². The zero-order valence-corrected chi connectivity index (χ0v) is 13.1. The van der Waals surface area contributed by atoms with E-state index in [4.69, 9.17) is 9.26 Å². The topological polar surface area (TPSA) is 68.5 Å². The van der Waals surface area contributed by atoms with Gasteiger partial charge in [0.15, 0.2) is 5.82 Å². The van der Waals surface area contributed by atoms with Crippen LogP contribution in [0.25, 0.3) is 0 Å². The third-order valence-corrected chi connectivity index (χ3v) is 4.02. The van der Waals surface area contributed by atoms with Crippen LogP contribution in [0.1, 0.15) is 29.6 Å². The van der Waals surface area contributed by atoms with Gasteiger partial charge in [-0.2, -0.15) is 4.98 Å². The molecule has 1 aliphatic rings. The number of ether oxygens (including phenoxy) is 1. The van der Waals surface area contributed by atoms with Crippen LogP contribution in [-0.2, 0) is 11.2 Å². The summed E-state index contributed by atoms with van der Waals surface area (Å²) in [6.07, 6.45) is 0.893. The molecule has 6 nitrogen and oxygen atoms in total. The fourth-order valence-corrected chi connectivity index (χ4v) is 2.83. The first-order valence-corrected chi connectivity index (χ1v) is 7.47. The number of rotatable bonds is 4. The van der Waals surface area contributed by atoms with Gasteiger partial charge in [0.25, 0.3) is 0 Å². The van der Waals surface area contributed by atoms with Crippen LogP contribution in [0.4, 0.5) is 4.39 Å². The average Bonchev–Trinajstić information content (AvgIpc) is 3.16. The minimum atomic E-state index is -0.380. The van der Waals surface area contributed by atoms with Crippen molar-refractivity contribution < 1.29 is 18.4 Å². The van der Waals surface area contributed by atoms with Gasteiger partial charge < -0.3 is 14.2 Å². The summed E-state index contributed by atoms with van der Waals surface area (Å²) in [6.45, 7) is 2.93. The SMILES string of the molecule is COc1ccc(F)cc1CC(=O)N1CC[C@H](c2nc(C)no2)C1. The molecule has 1 aromatic carbocycles. The molecule has 2 aromatic rings. The average molecular weight is 319 g/mol. The maximum atomic E-state index is 13.4. The first-order valence-electron chi connectivity index (χ1n) is 7.47. The fraction of sp³-hybridized carbons (Fsp3) is 0.438. The summed E-state index contributed by atoms with van der Waals surface area (Å²) in [4.78, 5) is 18.4. The van der Waals surface area contributed by atoms with Crippen LogP contribution in [0, 0.1) is 12.7 Å². The Morgan fingerprint density at radius 3 is 3.04 bits per heavy atom. The summed E-state index contributed by atoms with van der Waals surface area (Å²) in [6, 6.07) is 4.19. The van der Waals surface area contributed by atoms with Crippen molar-refractivity contribution in [2.45, 2.75) is 25.7 Å². The number of hydrogen-bond acceptors (Lipinski definition) is 5. The third-order valence-electron chi connectivity index (χ3n) is 4.02. The van der Waals surface area contributed by atoms with E-state index < -0.39 is 0 Å². The second-order valence-electron chi connectivity index (χ2n) is 5.64. The first-order chi connectivity index (χ1) is 11.1. The van der Waals surface area contributed by atoms with Crippen molar-refractivity contribution in [3.8, 4) is 5.75 Å². The number of nitrogens with zero attached hydrogens (tertiary/aromatic N) is 3. The number of halogens is 1. The maximum Gasteiger partial charge on any atom is 0.231 e. The molecule has 0 N–H and O–H groups in total. The van der Waals surface area contributed by atoms with Crippen molar-refractivity contribution in [1.29, 1.82) is 0 Å². The van der Waals surface area contributed by atoms with E-state index >= 15 is 0 Å². The van der Waals surface area contributed by atoms with Crippen molar-refractivity contribution in [3.63, 3.8) is 0 Å². The molecule has 3 rings (SSSR count). The molecule has 0 aliphatic carbocycles. The predicted octanol–water partition coefficient (Wildman–Crippen LogP) is 2.08. The Balaban J connectivity index is 1.67. The number of methoxy groups -OCH3 is 1. The Morgan fingerprint density at radius 2 is 2.35 bits per heavy atom. The van der Waals surface area contributed by atoms with Gasteiger partial charge in [0, 0.05) is 18.7 Å². The van der Waals surface area contributed by atoms with Gasteiger partial charge in [-0.25, -0.2) is 4.39 Å². The summed E-state index contributed by atoms with van der Waals surface area (Å²) in [5.41, 5.74) is 0.551. The van der Waals surface area contributed by atoms with Gasteiger partial charge in [-0.3, -0.25) is 4.79 Å².